The van der Waals surface area contributed by atoms with E-state index in [4.69, 9.17) is 9.26 Å². The summed E-state index contributed by atoms with van der Waals surface area (Å²) in [7, 11) is -3.71. The van der Waals surface area contributed by atoms with E-state index < -0.39 is 10.0 Å². The van der Waals surface area contributed by atoms with Gasteiger partial charge in [-0.3, -0.25) is 4.79 Å². The minimum Gasteiger partial charge on any atom is -0.380 e. The Hall–Kier alpha value is -2.23. The van der Waals surface area contributed by atoms with Gasteiger partial charge in [-0.1, -0.05) is 18.1 Å². The van der Waals surface area contributed by atoms with Crippen molar-refractivity contribution in [2.75, 3.05) is 13.2 Å². The quantitative estimate of drug-likeness (QED) is 0.749. The first-order valence-corrected chi connectivity index (χ1v) is 9.89. The van der Waals surface area contributed by atoms with E-state index in [9.17, 15) is 13.2 Å². The standard InChI is InChI=1S/C17H21N3O5S/c1-2-13-9-15(25-19-13)10-18-17(21)12-4-3-5-16(8-12)26(22,23)20-14-6-7-24-11-14/h3-5,8-9,14,20H,2,6-7,10-11H2,1H3,(H,18,21)/t14-/m0/s1. The predicted molar refractivity (Wildman–Crippen MR) is 93.0 cm³/mol. The Bertz CT molecular complexity index is 872. The lowest BCUT2D eigenvalue weighted by molar-refractivity contribution is 0.0947. The van der Waals surface area contributed by atoms with Crippen molar-refractivity contribution in [1.82, 2.24) is 15.2 Å². The summed E-state index contributed by atoms with van der Waals surface area (Å²) < 4.78 is 37.8. The van der Waals surface area contributed by atoms with Crippen LogP contribution in [-0.4, -0.2) is 38.7 Å². The van der Waals surface area contributed by atoms with Gasteiger partial charge < -0.3 is 14.6 Å². The highest BCUT2D eigenvalue weighted by Crippen LogP contribution is 2.15. The van der Waals surface area contributed by atoms with E-state index in [0.29, 0.717) is 25.4 Å². The Balaban J connectivity index is 1.66. The molecule has 2 aromatic rings. The molecule has 2 N–H and O–H groups in total. The van der Waals surface area contributed by atoms with Gasteiger partial charge in [0.1, 0.15) is 0 Å². The molecular formula is C17H21N3O5S. The average molecular weight is 379 g/mol. The number of ether oxygens (including phenoxy) is 1. The summed E-state index contributed by atoms with van der Waals surface area (Å²) in [5.74, 6) is 0.155. The summed E-state index contributed by atoms with van der Waals surface area (Å²) in [6.45, 7) is 3.03. The lowest BCUT2D eigenvalue weighted by Crippen LogP contribution is -2.35. The number of carbonyl (C=O) groups excluding carboxylic acids is 1. The molecule has 0 spiro atoms. The average Bonchev–Trinajstić information content (AvgIpc) is 3.31. The summed E-state index contributed by atoms with van der Waals surface area (Å²) in [5.41, 5.74) is 1.06. The molecule has 9 heteroatoms. The normalized spacial score (nSPS) is 17.3. The Labute approximate surface area is 152 Å². The van der Waals surface area contributed by atoms with Crippen molar-refractivity contribution in [3.05, 3.63) is 47.3 Å². The Morgan fingerprint density at radius 3 is 2.88 bits per heavy atom. The number of hydrogen-bond acceptors (Lipinski definition) is 6. The third kappa shape index (κ3) is 4.48. The molecule has 26 heavy (non-hydrogen) atoms. The minimum absolute atomic E-state index is 0.0463. The number of nitrogens with zero attached hydrogens (tertiary/aromatic N) is 1. The maximum Gasteiger partial charge on any atom is 0.251 e. The van der Waals surface area contributed by atoms with Crippen molar-refractivity contribution in [3.8, 4) is 0 Å². The van der Waals surface area contributed by atoms with Crippen LogP contribution < -0.4 is 10.0 Å². The van der Waals surface area contributed by atoms with Gasteiger partial charge in [0.15, 0.2) is 5.76 Å². The fourth-order valence-corrected chi connectivity index (χ4v) is 3.90. The van der Waals surface area contributed by atoms with Crippen LogP contribution in [0.5, 0.6) is 0 Å². The summed E-state index contributed by atoms with van der Waals surface area (Å²) >= 11 is 0. The molecule has 1 atom stereocenters. The van der Waals surface area contributed by atoms with E-state index in [2.05, 4.69) is 15.2 Å². The molecule has 0 aliphatic carbocycles. The molecule has 1 aromatic heterocycles. The SMILES string of the molecule is CCc1cc(CNC(=O)c2cccc(S(=O)(=O)N[C@H]3CCOC3)c2)on1. The van der Waals surface area contributed by atoms with Crippen LogP contribution >= 0.6 is 0 Å². The molecule has 1 saturated heterocycles. The topological polar surface area (TPSA) is 111 Å². The van der Waals surface area contributed by atoms with E-state index in [0.717, 1.165) is 12.1 Å². The van der Waals surface area contributed by atoms with Crippen molar-refractivity contribution in [2.45, 2.75) is 37.2 Å². The number of nitrogens with one attached hydrogen (secondary N) is 2. The molecule has 0 bridgehead atoms. The highest BCUT2D eigenvalue weighted by atomic mass is 32.2. The predicted octanol–water partition coefficient (Wildman–Crippen LogP) is 1.23. The molecule has 1 aromatic carbocycles. The second-order valence-electron chi connectivity index (χ2n) is 6.03. The molecule has 1 aliphatic heterocycles. The van der Waals surface area contributed by atoms with Crippen molar-refractivity contribution in [3.63, 3.8) is 0 Å². The lowest BCUT2D eigenvalue weighted by Gasteiger charge is -2.12. The van der Waals surface area contributed by atoms with Gasteiger partial charge in [0.05, 0.1) is 23.7 Å². The zero-order chi connectivity index (χ0) is 18.6. The van der Waals surface area contributed by atoms with Crippen LogP contribution in [0.4, 0.5) is 0 Å². The van der Waals surface area contributed by atoms with Crippen LogP contribution in [0.25, 0.3) is 0 Å². The van der Waals surface area contributed by atoms with Gasteiger partial charge in [-0.15, -0.1) is 0 Å². The molecular weight excluding hydrogens is 358 g/mol. The van der Waals surface area contributed by atoms with E-state index in [1.165, 1.54) is 18.2 Å². The van der Waals surface area contributed by atoms with Crippen LogP contribution in [0, 0.1) is 0 Å². The van der Waals surface area contributed by atoms with Crippen LogP contribution in [-0.2, 0) is 27.7 Å². The largest absolute Gasteiger partial charge is 0.380 e. The minimum atomic E-state index is -3.71. The maximum atomic E-state index is 12.5. The first-order chi connectivity index (χ1) is 12.5. The zero-order valence-corrected chi connectivity index (χ0v) is 15.2. The van der Waals surface area contributed by atoms with Gasteiger partial charge in [-0.05, 0) is 31.0 Å². The number of amides is 1. The fraction of sp³-hybridized carbons (Fsp3) is 0.412. The monoisotopic (exact) mass is 379 g/mol. The van der Waals surface area contributed by atoms with E-state index in [1.807, 2.05) is 6.92 Å². The number of sulfonamides is 1. The van der Waals surface area contributed by atoms with Crippen LogP contribution in [0.1, 0.15) is 35.2 Å². The van der Waals surface area contributed by atoms with Crippen LogP contribution in [0.3, 0.4) is 0 Å². The summed E-state index contributed by atoms with van der Waals surface area (Å²) in [6, 6.07) is 7.44. The first kappa shape index (κ1) is 18.6. The lowest BCUT2D eigenvalue weighted by atomic mass is 10.2. The van der Waals surface area contributed by atoms with Gasteiger partial charge in [0.25, 0.3) is 5.91 Å². The molecule has 1 fully saturated rings. The molecule has 3 rings (SSSR count). The van der Waals surface area contributed by atoms with Gasteiger partial charge in [-0.2, -0.15) is 0 Å². The molecule has 0 saturated carbocycles. The van der Waals surface area contributed by atoms with Crippen molar-refractivity contribution >= 4 is 15.9 Å². The summed E-state index contributed by atoms with van der Waals surface area (Å²) in [6.07, 6.45) is 1.38. The molecule has 2 heterocycles. The first-order valence-electron chi connectivity index (χ1n) is 8.41. The molecule has 1 aliphatic rings. The van der Waals surface area contributed by atoms with Gasteiger partial charge in [0.2, 0.25) is 10.0 Å². The fourth-order valence-electron chi connectivity index (χ4n) is 2.59. The Morgan fingerprint density at radius 2 is 2.19 bits per heavy atom. The molecule has 140 valence electrons. The number of aromatic nitrogens is 1. The molecule has 8 nitrogen and oxygen atoms in total. The number of aryl methyl sites for hydroxylation is 1. The van der Waals surface area contributed by atoms with Gasteiger partial charge in [0, 0.05) is 24.3 Å². The third-order valence-electron chi connectivity index (χ3n) is 4.05. The molecule has 0 unspecified atom stereocenters. The van der Waals surface area contributed by atoms with Crippen LogP contribution in [0.2, 0.25) is 0 Å². The third-order valence-corrected chi connectivity index (χ3v) is 5.57. The summed E-state index contributed by atoms with van der Waals surface area (Å²) in [5, 5.41) is 6.55. The number of benzene rings is 1. The van der Waals surface area contributed by atoms with Crippen molar-refractivity contribution in [2.24, 2.45) is 0 Å². The smallest absolute Gasteiger partial charge is 0.251 e. The van der Waals surface area contributed by atoms with E-state index in [1.54, 1.807) is 12.1 Å². The van der Waals surface area contributed by atoms with E-state index >= 15 is 0 Å². The summed E-state index contributed by atoms with van der Waals surface area (Å²) in [4.78, 5) is 12.4. The number of carbonyl (C=O) groups is 1. The Morgan fingerprint density at radius 1 is 1.35 bits per heavy atom. The van der Waals surface area contributed by atoms with Gasteiger partial charge in [-0.25, -0.2) is 13.1 Å². The Kier molecular flexibility index (Phi) is 5.70. The molecule has 0 radical (unpaired) electrons. The second-order valence-corrected chi connectivity index (χ2v) is 7.74. The molecule has 1 amide bonds. The van der Waals surface area contributed by atoms with E-state index in [-0.39, 0.29) is 29.0 Å². The van der Waals surface area contributed by atoms with Crippen LogP contribution in [0.15, 0.2) is 39.8 Å². The van der Waals surface area contributed by atoms with Crippen molar-refractivity contribution in [1.29, 1.82) is 0 Å². The zero-order valence-electron chi connectivity index (χ0n) is 14.4. The second kappa shape index (κ2) is 7.98. The number of rotatable bonds is 7. The number of hydrogen-bond donors (Lipinski definition) is 2. The van der Waals surface area contributed by atoms with Crippen molar-refractivity contribution < 1.29 is 22.5 Å². The highest BCUT2D eigenvalue weighted by molar-refractivity contribution is 7.89. The van der Waals surface area contributed by atoms with Gasteiger partial charge >= 0.3 is 0 Å². The maximum absolute atomic E-state index is 12.5. The highest BCUT2D eigenvalue weighted by Gasteiger charge is 2.24.